The largest absolute Gasteiger partial charge is 0.468 e. The van der Waals surface area contributed by atoms with Gasteiger partial charge in [-0.3, -0.25) is 14.5 Å². The highest BCUT2D eigenvalue weighted by Gasteiger charge is 2.35. The Morgan fingerprint density at radius 2 is 1.73 bits per heavy atom. The first-order valence-electron chi connectivity index (χ1n) is 11.1. The number of nitrogens with zero attached hydrogens (tertiary/aromatic N) is 1. The molecule has 0 radical (unpaired) electrons. The molecule has 8 heteroatoms. The van der Waals surface area contributed by atoms with Crippen LogP contribution in [0.5, 0.6) is 0 Å². The van der Waals surface area contributed by atoms with Crippen LogP contribution in [-0.2, 0) is 9.84 Å². The molecular weight excluding hydrogens is 440 g/mol. The number of amides is 1. The zero-order valence-corrected chi connectivity index (χ0v) is 18.8. The molecule has 0 bridgehead atoms. The number of rotatable bonds is 5. The Kier molecular flexibility index (Phi) is 5.64. The number of likely N-dealkylation sites (tertiary alicyclic amines) is 1. The molecule has 1 fully saturated rings. The Hall–Kier alpha value is -3.23. The lowest BCUT2D eigenvalue weighted by Crippen LogP contribution is -2.40. The SMILES string of the molecule is O=C(NCC(c1ccco1)N1CCCCC1)c1ccc2c(c1)S(=O)(=O)c1ccccc1C2=O. The van der Waals surface area contributed by atoms with E-state index in [0.29, 0.717) is 6.54 Å². The van der Waals surface area contributed by atoms with Crippen molar-refractivity contribution in [1.82, 2.24) is 10.2 Å². The first-order chi connectivity index (χ1) is 16.0. The molecule has 3 aromatic rings. The minimum Gasteiger partial charge on any atom is -0.468 e. The standard InChI is InChI=1S/C25H24N2O5S/c28-24-18-7-2-3-9-22(18)33(30,31)23-15-17(10-11-19(23)24)25(29)26-16-20(21-8-6-14-32-21)27-12-4-1-5-13-27/h2-3,6-11,14-15,20H,1,4-5,12-13,16H2,(H,26,29). The van der Waals surface area contributed by atoms with E-state index < -0.39 is 15.7 Å². The minimum atomic E-state index is -3.90. The summed E-state index contributed by atoms with van der Waals surface area (Å²) in [6.45, 7) is 2.19. The average molecular weight is 465 g/mol. The summed E-state index contributed by atoms with van der Waals surface area (Å²) in [5, 5.41) is 2.93. The van der Waals surface area contributed by atoms with Gasteiger partial charge in [0.25, 0.3) is 5.91 Å². The molecule has 2 aliphatic heterocycles. The van der Waals surface area contributed by atoms with Crippen molar-refractivity contribution in [2.45, 2.75) is 35.1 Å². The number of hydrogen-bond donors (Lipinski definition) is 1. The summed E-state index contributed by atoms with van der Waals surface area (Å²) in [6, 6.07) is 14.0. The van der Waals surface area contributed by atoms with Crippen molar-refractivity contribution in [3.63, 3.8) is 0 Å². The molecule has 5 rings (SSSR count). The number of benzene rings is 2. The molecule has 0 saturated carbocycles. The smallest absolute Gasteiger partial charge is 0.251 e. The van der Waals surface area contributed by atoms with Crippen LogP contribution in [0, 0.1) is 0 Å². The van der Waals surface area contributed by atoms with E-state index >= 15 is 0 Å². The fourth-order valence-corrected chi connectivity index (χ4v) is 6.31. The fourth-order valence-electron chi connectivity index (χ4n) is 4.64. The van der Waals surface area contributed by atoms with Crippen molar-refractivity contribution in [2.75, 3.05) is 19.6 Å². The Morgan fingerprint density at radius 1 is 0.970 bits per heavy atom. The van der Waals surface area contributed by atoms with Gasteiger partial charge in [-0.2, -0.15) is 0 Å². The van der Waals surface area contributed by atoms with E-state index in [1.54, 1.807) is 18.4 Å². The Bertz CT molecular complexity index is 1310. The molecular formula is C25H24N2O5S. The monoisotopic (exact) mass is 464 g/mol. The zero-order valence-electron chi connectivity index (χ0n) is 18.0. The number of furan rings is 1. The van der Waals surface area contributed by atoms with Crippen LogP contribution in [0.1, 0.15) is 57.3 Å². The lowest BCUT2D eigenvalue weighted by Gasteiger charge is -2.33. The van der Waals surface area contributed by atoms with Gasteiger partial charge in [0.1, 0.15) is 5.76 Å². The highest BCUT2D eigenvalue weighted by atomic mass is 32.2. The molecule has 7 nitrogen and oxygen atoms in total. The summed E-state index contributed by atoms with van der Waals surface area (Å²) in [5.74, 6) is 0.0330. The van der Waals surface area contributed by atoms with Crippen LogP contribution < -0.4 is 5.32 Å². The van der Waals surface area contributed by atoms with Crippen molar-refractivity contribution < 1.29 is 22.4 Å². The fraction of sp³-hybridized carbons (Fsp3) is 0.280. The number of fused-ring (bicyclic) bond motifs is 2. The summed E-state index contributed by atoms with van der Waals surface area (Å²) in [5.41, 5.74) is 0.443. The molecule has 1 N–H and O–H groups in total. The second-order valence-corrected chi connectivity index (χ2v) is 10.3. The molecule has 2 aliphatic rings. The summed E-state index contributed by atoms with van der Waals surface area (Å²) >= 11 is 0. The minimum absolute atomic E-state index is 0.0250. The van der Waals surface area contributed by atoms with Crippen molar-refractivity contribution in [3.8, 4) is 0 Å². The van der Waals surface area contributed by atoms with Crippen LogP contribution in [-0.4, -0.2) is 44.6 Å². The molecule has 0 aliphatic carbocycles. The van der Waals surface area contributed by atoms with Crippen LogP contribution in [0.2, 0.25) is 0 Å². The predicted octanol–water partition coefficient (Wildman–Crippen LogP) is 3.61. The van der Waals surface area contributed by atoms with Gasteiger partial charge >= 0.3 is 0 Å². The van der Waals surface area contributed by atoms with Gasteiger partial charge < -0.3 is 9.73 Å². The number of piperidine rings is 1. The Morgan fingerprint density at radius 3 is 2.48 bits per heavy atom. The van der Waals surface area contributed by atoms with Gasteiger partial charge in [0.15, 0.2) is 5.78 Å². The third kappa shape index (κ3) is 3.89. The highest BCUT2D eigenvalue weighted by molar-refractivity contribution is 7.91. The molecule has 1 atom stereocenters. The van der Waals surface area contributed by atoms with Crippen LogP contribution in [0.25, 0.3) is 0 Å². The van der Waals surface area contributed by atoms with Gasteiger partial charge in [-0.05, 0) is 68.4 Å². The lowest BCUT2D eigenvalue weighted by atomic mass is 10.0. The van der Waals surface area contributed by atoms with Gasteiger partial charge in [-0.15, -0.1) is 0 Å². The van der Waals surface area contributed by atoms with Crippen LogP contribution >= 0.6 is 0 Å². The van der Waals surface area contributed by atoms with Crippen LogP contribution in [0.15, 0.2) is 75.1 Å². The average Bonchev–Trinajstić information content (AvgIpc) is 3.38. The number of hydrogen-bond acceptors (Lipinski definition) is 6. The Labute approximate surface area is 192 Å². The molecule has 3 heterocycles. The zero-order chi connectivity index (χ0) is 23.0. The van der Waals surface area contributed by atoms with Crippen LogP contribution in [0.4, 0.5) is 0 Å². The third-order valence-corrected chi connectivity index (χ3v) is 8.21. The summed E-state index contributed by atoms with van der Waals surface area (Å²) < 4.78 is 31.9. The van der Waals surface area contributed by atoms with Crippen molar-refractivity contribution in [2.24, 2.45) is 0 Å². The summed E-state index contributed by atoms with van der Waals surface area (Å²) in [7, 11) is -3.90. The van der Waals surface area contributed by atoms with Crippen molar-refractivity contribution in [3.05, 3.63) is 83.3 Å². The first kappa shape index (κ1) is 21.6. The van der Waals surface area contributed by atoms with E-state index in [1.807, 2.05) is 12.1 Å². The third-order valence-electron chi connectivity index (χ3n) is 6.36. The van der Waals surface area contributed by atoms with Crippen molar-refractivity contribution in [1.29, 1.82) is 0 Å². The molecule has 1 saturated heterocycles. The van der Waals surface area contributed by atoms with Gasteiger partial charge in [0, 0.05) is 23.2 Å². The number of nitrogens with one attached hydrogen (secondary N) is 1. The number of sulfone groups is 1. The van der Waals surface area contributed by atoms with Gasteiger partial charge in [0.05, 0.1) is 22.1 Å². The van der Waals surface area contributed by atoms with Gasteiger partial charge in [-0.1, -0.05) is 18.6 Å². The second-order valence-electron chi connectivity index (χ2n) is 8.38. The second kappa shape index (κ2) is 8.61. The number of carbonyl (C=O) groups excluding carboxylic acids is 2. The van der Waals surface area contributed by atoms with Crippen LogP contribution in [0.3, 0.4) is 0 Å². The van der Waals surface area contributed by atoms with E-state index in [4.69, 9.17) is 4.42 Å². The molecule has 1 aromatic heterocycles. The van der Waals surface area contributed by atoms with E-state index in [0.717, 1.165) is 31.7 Å². The summed E-state index contributed by atoms with van der Waals surface area (Å²) in [4.78, 5) is 28.0. The van der Waals surface area contributed by atoms with E-state index in [9.17, 15) is 18.0 Å². The van der Waals surface area contributed by atoms with Gasteiger partial charge in [-0.25, -0.2) is 8.42 Å². The number of ketones is 1. The highest BCUT2D eigenvalue weighted by Crippen LogP contribution is 2.34. The molecule has 1 amide bonds. The molecule has 170 valence electrons. The first-order valence-corrected chi connectivity index (χ1v) is 12.5. The molecule has 0 spiro atoms. The van der Waals surface area contributed by atoms with Gasteiger partial charge in [0.2, 0.25) is 9.84 Å². The number of carbonyl (C=O) groups is 2. The molecule has 33 heavy (non-hydrogen) atoms. The predicted molar refractivity (Wildman–Crippen MR) is 121 cm³/mol. The Balaban J connectivity index is 1.40. The van der Waals surface area contributed by atoms with Crippen molar-refractivity contribution >= 4 is 21.5 Å². The normalized spacial score (nSPS) is 18.2. The van der Waals surface area contributed by atoms with E-state index in [-0.39, 0.29) is 38.3 Å². The maximum atomic E-state index is 13.1. The maximum Gasteiger partial charge on any atom is 0.251 e. The maximum absolute atomic E-state index is 13.1. The van der Waals surface area contributed by atoms with E-state index in [2.05, 4.69) is 10.2 Å². The molecule has 1 unspecified atom stereocenters. The topological polar surface area (TPSA) is 96.7 Å². The quantitative estimate of drug-likeness (QED) is 0.485. The summed E-state index contributed by atoms with van der Waals surface area (Å²) in [6.07, 6.45) is 5.02. The van der Waals surface area contributed by atoms with E-state index in [1.165, 1.54) is 36.8 Å². The lowest BCUT2D eigenvalue weighted by molar-refractivity contribution is 0.0912. The molecule has 2 aromatic carbocycles.